The Balaban J connectivity index is 2.24. The first-order valence-electron chi connectivity index (χ1n) is 5.91. The number of amides is 1. The molecule has 3 N–H and O–H groups in total. The summed E-state index contributed by atoms with van der Waals surface area (Å²) in [5, 5.41) is 2.93. The zero-order valence-electron chi connectivity index (χ0n) is 10.8. The third-order valence-corrected chi connectivity index (χ3v) is 4.09. The van der Waals surface area contributed by atoms with E-state index in [-0.39, 0.29) is 5.91 Å². The van der Waals surface area contributed by atoms with Crippen LogP contribution >= 0.6 is 22.6 Å². The number of rotatable bonds is 2. The molecule has 2 aromatic carbocycles. The Morgan fingerprint density at radius 3 is 2.37 bits per heavy atom. The van der Waals surface area contributed by atoms with Crippen LogP contribution in [-0.4, -0.2) is 5.91 Å². The van der Waals surface area contributed by atoms with Gasteiger partial charge in [0, 0.05) is 20.5 Å². The molecule has 2 aromatic rings. The molecule has 2 rings (SSSR count). The van der Waals surface area contributed by atoms with Gasteiger partial charge in [0.1, 0.15) is 0 Å². The molecule has 0 bridgehead atoms. The maximum Gasteiger partial charge on any atom is 0.255 e. The van der Waals surface area contributed by atoms with Crippen LogP contribution in [0.4, 0.5) is 11.4 Å². The topological polar surface area (TPSA) is 55.1 Å². The summed E-state index contributed by atoms with van der Waals surface area (Å²) < 4.78 is 1.19. The standard InChI is InChI=1S/C15H15IN2O/c1-9-8-14(10(2)7-13(9)16)18-15(19)11-3-5-12(17)6-4-11/h3-8H,17H2,1-2H3,(H,18,19). The SMILES string of the molecule is Cc1cc(NC(=O)c2ccc(N)cc2)c(C)cc1I. The molecule has 0 saturated heterocycles. The summed E-state index contributed by atoms with van der Waals surface area (Å²) in [6.07, 6.45) is 0. The highest BCUT2D eigenvalue weighted by Crippen LogP contribution is 2.22. The lowest BCUT2D eigenvalue weighted by Gasteiger charge is -2.11. The zero-order chi connectivity index (χ0) is 14.0. The number of carbonyl (C=O) groups is 1. The summed E-state index contributed by atoms with van der Waals surface area (Å²) in [5.41, 5.74) is 9.91. The molecular formula is C15H15IN2O. The lowest BCUT2D eigenvalue weighted by atomic mass is 10.1. The third-order valence-electron chi connectivity index (χ3n) is 2.93. The van der Waals surface area contributed by atoms with Crippen molar-refractivity contribution in [3.63, 3.8) is 0 Å². The van der Waals surface area contributed by atoms with Crippen LogP contribution in [0.5, 0.6) is 0 Å². The number of aryl methyl sites for hydroxylation is 2. The van der Waals surface area contributed by atoms with Crippen LogP contribution in [-0.2, 0) is 0 Å². The third kappa shape index (κ3) is 3.26. The Morgan fingerprint density at radius 1 is 1.11 bits per heavy atom. The number of nitrogen functional groups attached to an aromatic ring is 1. The fourth-order valence-electron chi connectivity index (χ4n) is 1.74. The van der Waals surface area contributed by atoms with Crippen molar-refractivity contribution < 1.29 is 4.79 Å². The van der Waals surface area contributed by atoms with Crippen LogP contribution in [0.15, 0.2) is 36.4 Å². The summed E-state index contributed by atoms with van der Waals surface area (Å²) in [4.78, 5) is 12.1. The number of anilines is 2. The Hall–Kier alpha value is -1.56. The minimum absolute atomic E-state index is 0.122. The van der Waals surface area contributed by atoms with Gasteiger partial charge in [-0.05, 0) is 84.0 Å². The van der Waals surface area contributed by atoms with E-state index in [1.807, 2.05) is 19.9 Å². The summed E-state index contributed by atoms with van der Waals surface area (Å²) in [7, 11) is 0. The van der Waals surface area contributed by atoms with E-state index in [4.69, 9.17) is 5.73 Å². The van der Waals surface area contributed by atoms with E-state index in [0.717, 1.165) is 16.8 Å². The van der Waals surface area contributed by atoms with Gasteiger partial charge in [-0.1, -0.05) is 0 Å². The van der Waals surface area contributed by atoms with Crippen molar-refractivity contribution in [2.24, 2.45) is 0 Å². The van der Waals surface area contributed by atoms with E-state index < -0.39 is 0 Å². The number of nitrogens with two attached hydrogens (primary N) is 1. The van der Waals surface area contributed by atoms with E-state index in [2.05, 4.69) is 34.0 Å². The minimum Gasteiger partial charge on any atom is -0.399 e. The van der Waals surface area contributed by atoms with E-state index in [1.165, 1.54) is 3.57 Å². The quantitative estimate of drug-likeness (QED) is 0.629. The average molecular weight is 366 g/mol. The van der Waals surface area contributed by atoms with E-state index in [1.54, 1.807) is 24.3 Å². The maximum absolute atomic E-state index is 12.1. The molecule has 0 aliphatic heterocycles. The van der Waals surface area contributed by atoms with Crippen molar-refractivity contribution in [2.45, 2.75) is 13.8 Å². The molecule has 0 aliphatic rings. The first kappa shape index (κ1) is 13.9. The zero-order valence-corrected chi connectivity index (χ0v) is 13.0. The molecule has 19 heavy (non-hydrogen) atoms. The predicted molar refractivity (Wildman–Crippen MR) is 87.4 cm³/mol. The van der Waals surface area contributed by atoms with Gasteiger partial charge in [0.15, 0.2) is 0 Å². The fourth-order valence-corrected chi connectivity index (χ4v) is 2.37. The Morgan fingerprint density at radius 2 is 1.74 bits per heavy atom. The summed E-state index contributed by atoms with van der Waals surface area (Å²) >= 11 is 2.29. The van der Waals surface area contributed by atoms with Crippen molar-refractivity contribution in [1.29, 1.82) is 0 Å². The molecule has 0 fully saturated rings. The molecule has 0 atom stereocenters. The molecule has 3 nitrogen and oxygen atoms in total. The molecule has 0 radical (unpaired) electrons. The van der Waals surface area contributed by atoms with Crippen molar-refractivity contribution in [2.75, 3.05) is 11.1 Å². The summed E-state index contributed by atoms with van der Waals surface area (Å²) in [6, 6.07) is 10.9. The van der Waals surface area contributed by atoms with E-state index in [9.17, 15) is 4.79 Å². The van der Waals surface area contributed by atoms with Crippen LogP contribution in [0.3, 0.4) is 0 Å². The van der Waals surface area contributed by atoms with Gasteiger partial charge in [0.05, 0.1) is 0 Å². The lowest BCUT2D eigenvalue weighted by molar-refractivity contribution is 0.102. The van der Waals surface area contributed by atoms with Crippen molar-refractivity contribution in [1.82, 2.24) is 0 Å². The predicted octanol–water partition coefficient (Wildman–Crippen LogP) is 3.74. The van der Waals surface area contributed by atoms with Crippen molar-refractivity contribution in [3.8, 4) is 0 Å². The largest absolute Gasteiger partial charge is 0.399 e. The smallest absolute Gasteiger partial charge is 0.255 e. The molecule has 0 unspecified atom stereocenters. The number of hydrogen-bond acceptors (Lipinski definition) is 2. The molecule has 0 saturated carbocycles. The Bertz CT molecular complexity index is 621. The van der Waals surface area contributed by atoms with Crippen LogP contribution in [0.1, 0.15) is 21.5 Å². The highest BCUT2D eigenvalue weighted by Gasteiger charge is 2.09. The van der Waals surface area contributed by atoms with Crippen molar-refractivity contribution in [3.05, 3.63) is 56.7 Å². The molecule has 0 aliphatic carbocycles. The Labute approximate surface area is 126 Å². The Kier molecular flexibility index (Phi) is 4.09. The second kappa shape index (κ2) is 5.61. The number of carbonyl (C=O) groups excluding carboxylic acids is 1. The number of hydrogen-bond donors (Lipinski definition) is 2. The van der Waals surface area contributed by atoms with Gasteiger partial charge in [0.25, 0.3) is 5.91 Å². The monoisotopic (exact) mass is 366 g/mol. The molecular weight excluding hydrogens is 351 g/mol. The summed E-state index contributed by atoms with van der Waals surface area (Å²) in [5.74, 6) is -0.122. The number of nitrogens with one attached hydrogen (secondary N) is 1. The number of benzene rings is 2. The van der Waals surface area contributed by atoms with Gasteiger partial charge in [0.2, 0.25) is 0 Å². The fraction of sp³-hybridized carbons (Fsp3) is 0.133. The molecule has 0 spiro atoms. The average Bonchev–Trinajstić information content (AvgIpc) is 2.36. The van der Waals surface area contributed by atoms with Crippen LogP contribution in [0, 0.1) is 17.4 Å². The molecule has 98 valence electrons. The van der Waals surface area contributed by atoms with Gasteiger partial charge in [-0.15, -0.1) is 0 Å². The first-order chi connectivity index (χ1) is 8.97. The minimum atomic E-state index is -0.122. The molecule has 0 heterocycles. The van der Waals surface area contributed by atoms with Crippen LogP contribution in [0.25, 0.3) is 0 Å². The highest BCUT2D eigenvalue weighted by molar-refractivity contribution is 14.1. The normalized spacial score (nSPS) is 10.3. The van der Waals surface area contributed by atoms with Crippen molar-refractivity contribution >= 4 is 39.9 Å². The van der Waals surface area contributed by atoms with E-state index >= 15 is 0 Å². The number of halogens is 1. The second-order valence-electron chi connectivity index (χ2n) is 4.49. The molecule has 0 aromatic heterocycles. The van der Waals surface area contributed by atoms with Gasteiger partial charge in [-0.25, -0.2) is 0 Å². The second-order valence-corrected chi connectivity index (χ2v) is 5.65. The van der Waals surface area contributed by atoms with Gasteiger partial charge >= 0.3 is 0 Å². The van der Waals surface area contributed by atoms with Crippen LogP contribution in [0.2, 0.25) is 0 Å². The highest BCUT2D eigenvalue weighted by atomic mass is 127. The molecule has 4 heteroatoms. The van der Waals surface area contributed by atoms with Gasteiger partial charge in [-0.2, -0.15) is 0 Å². The summed E-state index contributed by atoms with van der Waals surface area (Å²) in [6.45, 7) is 4.01. The van der Waals surface area contributed by atoms with Gasteiger partial charge < -0.3 is 11.1 Å². The van der Waals surface area contributed by atoms with E-state index in [0.29, 0.717) is 11.3 Å². The lowest BCUT2D eigenvalue weighted by Crippen LogP contribution is -2.13. The first-order valence-corrected chi connectivity index (χ1v) is 6.99. The van der Waals surface area contributed by atoms with Crippen LogP contribution < -0.4 is 11.1 Å². The van der Waals surface area contributed by atoms with Gasteiger partial charge in [-0.3, -0.25) is 4.79 Å². The molecule has 1 amide bonds. The maximum atomic E-state index is 12.1.